The van der Waals surface area contributed by atoms with Gasteiger partial charge in [-0.15, -0.1) is 0 Å². The van der Waals surface area contributed by atoms with Crippen LogP contribution in [0.5, 0.6) is 0 Å². The summed E-state index contributed by atoms with van der Waals surface area (Å²) in [5, 5.41) is 0.144. The zero-order chi connectivity index (χ0) is 13.2. The van der Waals surface area contributed by atoms with E-state index in [1.165, 1.54) is 0 Å². The number of aryl methyl sites for hydroxylation is 1. The third-order valence-electron chi connectivity index (χ3n) is 3.19. The average molecular weight is 288 g/mol. The molecule has 0 unspecified atom stereocenters. The molecule has 2 rings (SSSR count). The largest absolute Gasteiger partial charge is 0.330 e. The number of halogens is 1. The SMILES string of the molecule is NCCCCc1ccc(S(=O)(=O)C2CC2)c(Cl)c1. The van der Waals surface area contributed by atoms with Crippen LogP contribution in [0.3, 0.4) is 0 Å². The summed E-state index contributed by atoms with van der Waals surface area (Å²) in [6.45, 7) is 0.682. The molecule has 1 aliphatic rings. The van der Waals surface area contributed by atoms with Crippen molar-refractivity contribution in [2.45, 2.75) is 42.2 Å². The maximum Gasteiger partial charge on any atom is 0.182 e. The van der Waals surface area contributed by atoms with Gasteiger partial charge in [0.1, 0.15) is 0 Å². The highest BCUT2D eigenvalue weighted by atomic mass is 35.5. The second kappa shape index (κ2) is 5.59. The predicted octanol–water partition coefficient (Wildman–Crippen LogP) is 2.56. The fraction of sp³-hybridized carbons (Fsp3) is 0.538. The van der Waals surface area contributed by atoms with Gasteiger partial charge in [-0.2, -0.15) is 0 Å². The van der Waals surface area contributed by atoms with Crippen LogP contribution < -0.4 is 5.73 Å². The van der Waals surface area contributed by atoms with Gasteiger partial charge in [-0.3, -0.25) is 0 Å². The number of rotatable bonds is 6. The summed E-state index contributed by atoms with van der Waals surface area (Å²) in [5.41, 5.74) is 6.51. The van der Waals surface area contributed by atoms with Crippen LogP contribution in [-0.2, 0) is 16.3 Å². The molecular formula is C13H18ClNO2S. The van der Waals surface area contributed by atoms with Gasteiger partial charge in [0, 0.05) is 0 Å². The highest BCUT2D eigenvalue weighted by Gasteiger charge is 2.37. The summed E-state index contributed by atoms with van der Waals surface area (Å²) in [4.78, 5) is 0.286. The van der Waals surface area contributed by atoms with Crippen LogP contribution in [0.2, 0.25) is 5.02 Å². The summed E-state index contributed by atoms with van der Waals surface area (Å²) in [6, 6.07) is 5.28. The van der Waals surface area contributed by atoms with E-state index in [0.717, 1.165) is 37.7 Å². The quantitative estimate of drug-likeness (QED) is 0.818. The lowest BCUT2D eigenvalue weighted by Gasteiger charge is -2.07. The van der Waals surface area contributed by atoms with E-state index in [2.05, 4.69) is 0 Å². The van der Waals surface area contributed by atoms with Crippen molar-refractivity contribution >= 4 is 21.4 Å². The van der Waals surface area contributed by atoms with Crippen LogP contribution in [0, 0.1) is 0 Å². The van der Waals surface area contributed by atoms with E-state index in [1.54, 1.807) is 12.1 Å². The van der Waals surface area contributed by atoms with Crippen molar-refractivity contribution in [1.82, 2.24) is 0 Å². The second-order valence-corrected chi connectivity index (χ2v) is 7.36. The Labute approximate surface area is 113 Å². The molecule has 0 saturated heterocycles. The lowest BCUT2D eigenvalue weighted by atomic mass is 10.1. The van der Waals surface area contributed by atoms with Gasteiger partial charge >= 0.3 is 0 Å². The maximum atomic E-state index is 12.1. The molecule has 1 saturated carbocycles. The molecule has 0 heterocycles. The van der Waals surface area contributed by atoms with Crippen molar-refractivity contribution in [1.29, 1.82) is 0 Å². The van der Waals surface area contributed by atoms with E-state index in [0.29, 0.717) is 11.6 Å². The Balaban J connectivity index is 2.15. The molecule has 3 nitrogen and oxygen atoms in total. The van der Waals surface area contributed by atoms with Gasteiger partial charge in [-0.1, -0.05) is 17.7 Å². The van der Waals surface area contributed by atoms with E-state index in [-0.39, 0.29) is 10.1 Å². The zero-order valence-electron chi connectivity index (χ0n) is 10.2. The third kappa shape index (κ3) is 3.05. The standard InChI is InChI=1S/C13H18ClNO2S/c14-12-9-10(3-1-2-8-15)4-7-13(12)18(16,17)11-5-6-11/h4,7,9,11H,1-3,5-6,8,15H2. The van der Waals surface area contributed by atoms with Gasteiger partial charge in [0.25, 0.3) is 0 Å². The molecule has 1 aromatic carbocycles. The Morgan fingerprint density at radius 2 is 2.00 bits per heavy atom. The number of nitrogens with two attached hydrogens (primary N) is 1. The van der Waals surface area contributed by atoms with Crippen molar-refractivity contribution in [3.05, 3.63) is 28.8 Å². The molecule has 0 amide bonds. The summed E-state index contributed by atoms with van der Waals surface area (Å²) < 4.78 is 24.2. The summed E-state index contributed by atoms with van der Waals surface area (Å²) in [7, 11) is -3.19. The molecular weight excluding hydrogens is 270 g/mol. The molecule has 0 aliphatic heterocycles. The van der Waals surface area contributed by atoms with Gasteiger partial charge in [0.2, 0.25) is 0 Å². The second-order valence-electron chi connectivity index (χ2n) is 4.75. The molecule has 1 fully saturated rings. The summed E-state index contributed by atoms with van der Waals surface area (Å²) in [6.07, 6.45) is 4.38. The first-order valence-electron chi connectivity index (χ1n) is 6.28. The van der Waals surface area contributed by atoms with Crippen molar-refractivity contribution in [2.75, 3.05) is 6.54 Å². The minimum atomic E-state index is -3.19. The van der Waals surface area contributed by atoms with E-state index in [9.17, 15) is 8.42 Å². The topological polar surface area (TPSA) is 60.2 Å². The number of benzene rings is 1. The van der Waals surface area contributed by atoms with Crippen LogP contribution >= 0.6 is 11.6 Å². The van der Waals surface area contributed by atoms with Crippen molar-refractivity contribution in [2.24, 2.45) is 5.73 Å². The first kappa shape index (κ1) is 13.8. The highest BCUT2D eigenvalue weighted by Crippen LogP contribution is 2.36. The van der Waals surface area contributed by atoms with E-state index in [1.807, 2.05) is 6.07 Å². The van der Waals surface area contributed by atoms with E-state index in [4.69, 9.17) is 17.3 Å². The Morgan fingerprint density at radius 3 is 2.56 bits per heavy atom. The van der Waals surface area contributed by atoms with Crippen LogP contribution in [0.4, 0.5) is 0 Å². The average Bonchev–Trinajstić information content (AvgIpc) is 3.13. The van der Waals surface area contributed by atoms with Gasteiger partial charge < -0.3 is 5.73 Å². The normalized spacial score (nSPS) is 15.9. The number of unbranched alkanes of at least 4 members (excludes halogenated alkanes) is 1. The molecule has 0 radical (unpaired) electrons. The lowest BCUT2D eigenvalue weighted by Crippen LogP contribution is -2.08. The number of sulfone groups is 1. The molecule has 1 aromatic rings. The van der Waals surface area contributed by atoms with Crippen molar-refractivity contribution in [3.8, 4) is 0 Å². The van der Waals surface area contributed by atoms with Gasteiger partial charge in [0.05, 0.1) is 15.2 Å². The monoisotopic (exact) mass is 287 g/mol. The molecule has 0 spiro atoms. The first-order valence-corrected chi connectivity index (χ1v) is 8.20. The van der Waals surface area contributed by atoms with Crippen LogP contribution in [0.15, 0.2) is 23.1 Å². The predicted molar refractivity (Wildman–Crippen MR) is 73.7 cm³/mol. The first-order chi connectivity index (χ1) is 8.55. The minimum Gasteiger partial charge on any atom is -0.330 e. The third-order valence-corrected chi connectivity index (χ3v) is 5.93. The van der Waals surface area contributed by atoms with E-state index >= 15 is 0 Å². The Morgan fingerprint density at radius 1 is 1.28 bits per heavy atom. The fourth-order valence-corrected chi connectivity index (χ4v) is 4.19. The molecule has 0 aromatic heterocycles. The lowest BCUT2D eigenvalue weighted by molar-refractivity contribution is 0.595. The van der Waals surface area contributed by atoms with Crippen molar-refractivity contribution in [3.63, 3.8) is 0 Å². The van der Waals surface area contributed by atoms with Gasteiger partial charge in [-0.05, 0) is 56.3 Å². The van der Waals surface area contributed by atoms with Crippen molar-refractivity contribution < 1.29 is 8.42 Å². The molecule has 100 valence electrons. The molecule has 0 atom stereocenters. The molecule has 18 heavy (non-hydrogen) atoms. The molecule has 0 bridgehead atoms. The van der Waals surface area contributed by atoms with Gasteiger partial charge in [0.15, 0.2) is 9.84 Å². The highest BCUT2D eigenvalue weighted by molar-refractivity contribution is 7.92. The fourth-order valence-electron chi connectivity index (χ4n) is 1.96. The molecule has 1 aliphatic carbocycles. The Kier molecular flexibility index (Phi) is 4.30. The van der Waals surface area contributed by atoms with Gasteiger partial charge in [-0.25, -0.2) is 8.42 Å². The summed E-state index contributed by atoms with van der Waals surface area (Å²) in [5.74, 6) is 0. The van der Waals surface area contributed by atoms with Crippen LogP contribution in [0.1, 0.15) is 31.2 Å². The maximum absolute atomic E-state index is 12.1. The smallest absolute Gasteiger partial charge is 0.182 e. The Bertz CT molecular complexity index is 524. The molecule has 2 N–H and O–H groups in total. The zero-order valence-corrected chi connectivity index (χ0v) is 11.8. The molecule has 5 heteroatoms. The van der Waals surface area contributed by atoms with E-state index < -0.39 is 9.84 Å². The summed E-state index contributed by atoms with van der Waals surface area (Å²) >= 11 is 6.09. The minimum absolute atomic E-state index is 0.210. The number of hydrogen-bond donors (Lipinski definition) is 1. The number of hydrogen-bond acceptors (Lipinski definition) is 3. The van der Waals surface area contributed by atoms with Crippen LogP contribution in [-0.4, -0.2) is 20.2 Å². The Hall–Kier alpha value is -0.580. The van der Waals surface area contributed by atoms with Crippen LogP contribution in [0.25, 0.3) is 0 Å².